The van der Waals surface area contributed by atoms with E-state index in [-0.39, 0.29) is 11.4 Å². The Balaban J connectivity index is 2.00. The third kappa shape index (κ3) is 4.75. The molecule has 0 aliphatic carbocycles. The average molecular weight is 418 g/mol. The molecule has 1 atom stereocenters. The van der Waals surface area contributed by atoms with E-state index in [1.54, 1.807) is 18.2 Å². The zero-order valence-electron chi connectivity index (χ0n) is 17.4. The quantitative estimate of drug-likeness (QED) is 0.480. The third-order valence-electron chi connectivity index (χ3n) is 4.99. The highest BCUT2D eigenvalue weighted by Gasteiger charge is 2.30. The maximum atomic E-state index is 13.4. The van der Waals surface area contributed by atoms with Gasteiger partial charge in [-0.05, 0) is 54.8 Å². The van der Waals surface area contributed by atoms with Gasteiger partial charge in [0.1, 0.15) is 11.7 Å². The van der Waals surface area contributed by atoms with Gasteiger partial charge >= 0.3 is 0 Å². The molecule has 1 heterocycles. The summed E-state index contributed by atoms with van der Waals surface area (Å²) in [6, 6.07) is 15.2. The molecule has 3 aromatic rings. The Kier molecular flexibility index (Phi) is 6.40. The van der Waals surface area contributed by atoms with E-state index in [0.29, 0.717) is 11.3 Å². The molecule has 158 valence electrons. The lowest BCUT2D eigenvalue weighted by Gasteiger charge is -2.28. The largest absolute Gasteiger partial charge is 0.324 e. The summed E-state index contributed by atoms with van der Waals surface area (Å²) >= 11 is 0. The predicted octanol–water partition coefficient (Wildman–Crippen LogP) is 4.06. The van der Waals surface area contributed by atoms with Crippen LogP contribution in [0.3, 0.4) is 0 Å². The number of anilines is 1. The Bertz CT molecular complexity index is 1090. The molecule has 0 aliphatic heterocycles. The molecule has 0 fully saturated rings. The monoisotopic (exact) mass is 418 g/mol. The molecule has 1 N–H and O–H groups in total. The highest BCUT2D eigenvalue weighted by molar-refractivity contribution is 6.01. The molecule has 1 aromatic heterocycles. The van der Waals surface area contributed by atoms with Crippen molar-refractivity contribution in [1.29, 1.82) is 0 Å². The predicted molar refractivity (Wildman–Crippen MR) is 117 cm³/mol. The van der Waals surface area contributed by atoms with Crippen LogP contribution in [0, 0.1) is 24.0 Å². The number of para-hydroxylation sites is 1. The van der Waals surface area contributed by atoms with E-state index >= 15 is 0 Å². The minimum Gasteiger partial charge on any atom is -0.324 e. The first-order valence-corrected chi connectivity index (χ1v) is 9.59. The highest BCUT2D eigenvalue weighted by atomic mass is 16.6. The second kappa shape index (κ2) is 9.17. The van der Waals surface area contributed by atoms with Crippen molar-refractivity contribution in [2.75, 3.05) is 12.4 Å². The van der Waals surface area contributed by atoms with Crippen LogP contribution in [0.5, 0.6) is 0 Å². The van der Waals surface area contributed by atoms with Gasteiger partial charge in [0.2, 0.25) is 0 Å². The van der Waals surface area contributed by atoms with E-state index < -0.39 is 22.8 Å². The normalized spacial score (nSPS) is 11.5. The number of amides is 2. The Morgan fingerprint density at radius 3 is 2.19 bits per heavy atom. The molecular formula is C23H22N4O4. The van der Waals surface area contributed by atoms with Crippen molar-refractivity contribution >= 4 is 23.2 Å². The molecule has 0 saturated heterocycles. The third-order valence-corrected chi connectivity index (χ3v) is 4.99. The van der Waals surface area contributed by atoms with Crippen molar-refractivity contribution < 1.29 is 14.5 Å². The van der Waals surface area contributed by atoms with Gasteiger partial charge in [-0.2, -0.15) is 0 Å². The van der Waals surface area contributed by atoms with Gasteiger partial charge in [-0.3, -0.25) is 24.7 Å². The highest BCUT2D eigenvalue weighted by Crippen LogP contribution is 2.27. The fraction of sp³-hybridized carbons (Fsp3) is 0.174. The summed E-state index contributed by atoms with van der Waals surface area (Å²) in [5, 5.41) is 13.9. The zero-order chi connectivity index (χ0) is 22.5. The van der Waals surface area contributed by atoms with Crippen LogP contribution in [0.4, 0.5) is 11.4 Å². The van der Waals surface area contributed by atoms with Crippen molar-refractivity contribution in [2.24, 2.45) is 0 Å². The number of hydrogen-bond donors (Lipinski definition) is 1. The van der Waals surface area contributed by atoms with Gasteiger partial charge < -0.3 is 10.2 Å². The summed E-state index contributed by atoms with van der Waals surface area (Å²) < 4.78 is 0. The smallest absolute Gasteiger partial charge is 0.273 e. The lowest BCUT2D eigenvalue weighted by atomic mass is 10.0. The molecule has 0 saturated carbocycles. The maximum Gasteiger partial charge on any atom is 0.273 e. The number of nitro groups is 1. The fourth-order valence-electron chi connectivity index (χ4n) is 3.32. The van der Waals surface area contributed by atoms with Gasteiger partial charge in [0.25, 0.3) is 17.5 Å². The number of benzene rings is 2. The first-order chi connectivity index (χ1) is 14.8. The molecule has 2 aromatic carbocycles. The molecule has 8 nitrogen and oxygen atoms in total. The van der Waals surface area contributed by atoms with E-state index in [1.807, 2.05) is 32.0 Å². The van der Waals surface area contributed by atoms with E-state index in [4.69, 9.17) is 0 Å². The number of aryl methyl sites for hydroxylation is 2. The Labute approximate surface area is 179 Å². The van der Waals surface area contributed by atoms with Gasteiger partial charge in [-0.1, -0.05) is 24.3 Å². The Morgan fingerprint density at radius 1 is 1.00 bits per heavy atom. The van der Waals surface area contributed by atoms with Crippen LogP contribution in [0.1, 0.15) is 33.2 Å². The van der Waals surface area contributed by atoms with Crippen molar-refractivity contribution in [3.8, 4) is 0 Å². The van der Waals surface area contributed by atoms with E-state index in [9.17, 15) is 19.7 Å². The van der Waals surface area contributed by atoms with Crippen LogP contribution in [0.15, 0.2) is 66.9 Å². The number of nitrogens with one attached hydrogen (secondary N) is 1. The van der Waals surface area contributed by atoms with Gasteiger partial charge in [0.05, 0.1) is 4.92 Å². The molecule has 0 radical (unpaired) electrons. The van der Waals surface area contributed by atoms with E-state index in [1.165, 1.54) is 42.4 Å². The van der Waals surface area contributed by atoms with Crippen molar-refractivity contribution in [3.63, 3.8) is 0 Å². The molecule has 0 spiro atoms. The minimum absolute atomic E-state index is 0.101. The van der Waals surface area contributed by atoms with Crippen LogP contribution < -0.4 is 5.32 Å². The Morgan fingerprint density at radius 2 is 1.65 bits per heavy atom. The van der Waals surface area contributed by atoms with Crippen molar-refractivity contribution in [2.45, 2.75) is 19.9 Å². The van der Waals surface area contributed by atoms with E-state index in [0.717, 1.165) is 11.1 Å². The Hall–Kier alpha value is -4.07. The SMILES string of the molecule is Cc1cccc(C)c1NC(=O)[C@@H](c1ccc([N+](=O)[O-])cc1)N(C)C(=O)c1ccccn1. The van der Waals surface area contributed by atoms with Gasteiger partial charge in [-0.15, -0.1) is 0 Å². The number of carbonyl (C=O) groups excluding carboxylic acids is 2. The lowest BCUT2D eigenvalue weighted by Crippen LogP contribution is -2.39. The number of nitro benzene ring substituents is 1. The number of carbonyl (C=O) groups is 2. The molecule has 0 bridgehead atoms. The van der Waals surface area contributed by atoms with Gasteiger partial charge in [0, 0.05) is 31.1 Å². The number of hydrogen-bond acceptors (Lipinski definition) is 5. The molecule has 0 unspecified atom stereocenters. The topological polar surface area (TPSA) is 105 Å². The average Bonchev–Trinajstić information content (AvgIpc) is 2.77. The molecule has 0 aliphatic rings. The number of aromatic nitrogens is 1. The summed E-state index contributed by atoms with van der Waals surface area (Å²) in [7, 11) is 1.51. The molecule has 8 heteroatoms. The molecule has 2 amide bonds. The first kappa shape index (κ1) is 21.6. The van der Waals surface area contributed by atoms with Crippen LogP contribution in [0.25, 0.3) is 0 Å². The van der Waals surface area contributed by atoms with Crippen molar-refractivity contribution in [3.05, 3.63) is 99.4 Å². The van der Waals surface area contributed by atoms with Crippen LogP contribution in [0.2, 0.25) is 0 Å². The summed E-state index contributed by atoms with van der Waals surface area (Å²) in [6.07, 6.45) is 1.50. The van der Waals surface area contributed by atoms with Gasteiger partial charge in [0.15, 0.2) is 0 Å². The second-order valence-electron chi connectivity index (χ2n) is 7.14. The molecule has 31 heavy (non-hydrogen) atoms. The number of likely N-dealkylation sites (N-methyl/N-ethyl adjacent to an activating group) is 1. The first-order valence-electron chi connectivity index (χ1n) is 9.59. The zero-order valence-corrected chi connectivity index (χ0v) is 17.4. The number of pyridine rings is 1. The summed E-state index contributed by atoms with van der Waals surface area (Å²) in [4.78, 5) is 42.2. The van der Waals surface area contributed by atoms with Crippen LogP contribution in [-0.4, -0.2) is 33.7 Å². The number of non-ortho nitro benzene ring substituents is 1. The second-order valence-corrected chi connectivity index (χ2v) is 7.14. The maximum absolute atomic E-state index is 13.4. The lowest BCUT2D eigenvalue weighted by molar-refractivity contribution is -0.384. The summed E-state index contributed by atoms with van der Waals surface area (Å²) in [5.74, 6) is -0.876. The molecule has 3 rings (SSSR count). The minimum atomic E-state index is -1.02. The number of nitrogens with zero attached hydrogens (tertiary/aromatic N) is 3. The summed E-state index contributed by atoms with van der Waals surface area (Å²) in [6.45, 7) is 3.76. The van der Waals surface area contributed by atoms with E-state index in [2.05, 4.69) is 10.3 Å². The van der Waals surface area contributed by atoms with Crippen molar-refractivity contribution in [1.82, 2.24) is 9.88 Å². The van der Waals surface area contributed by atoms with Gasteiger partial charge in [-0.25, -0.2) is 0 Å². The van der Waals surface area contributed by atoms with Crippen LogP contribution in [-0.2, 0) is 4.79 Å². The summed E-state index contributed by atoms with van der Waals surface area (Å²) in [5.41, 5.74) is 2.97. The van der Waals surface area contributed by atoms with Crippen LogP contribution >= 0.6 is 0 Å². The fourth-order valence-corrected chi connectivity index (χ4v) is 3.32. The standard InChI is InChI=1S/C23H22N4O4/c1-15-7-6-8-16(2)20(15)25-22(28)21(17-10-12-18(13-11-17)27(30)31)26(3)23(29)19-9-4-5-14-24-19/h4-14,21H,1-3H3,(H,25,28)/t21-/m1/s1. The molecular weight excluding hydrogens is 396 g/mol. The number of rotatable bonds is 6.